The smallest absolute Gasteiger partial charge is 0.118 e. The van der Waals surface area contributed by atoms with Crippen LogP contribution in [-0.2, 0) is 13.0 Å². The van der Waals surface area contributed by atoms with E-state index in [1.54, 1.807) is 13.3 Å². The van der Waals surface area contributed by atoms with Gasteiger partial charge in [0.1, 0.15) is 11.6 Å². The number of methoxy groups -OCH3 is 1. The molecule has 0 unspecified atom stereocenters. The maximum absolute atomic E-state index is 8.90. The molecule has 1 aromatic carbocycles. The van der Waals surface area contributed by atoms with E-state index in [-0.39, 0.29) is 6.61 Å². The number of aromatic nitrogens is 2. The topological polar surface area (TPSA) is 58.1 Å². The number of nitrogens with one attached hydrogen (secondary N) is 1. The van der Waals surface area contributed by atoms with Crippen LogP contribution in [0.1, 0.15) is 17.1 Å². The maximum Gasteiger partial charge on any atom is 0.118 e. The third-order valence-electron chi connectivity index (χ3n) is 2.38. The average molecular weight is 218 g/mol. The molecule has 2 rings (SSSR count). The number of aliphatic hydroxyl groups excluding tert-OH is 1. The van der Waals surface area contributed by atoms with Crippen molar-refractivity contribution >= 4 is 0 Å². The summed E-state index contributed by atoms with van der Waals surface area (Å²) in [5.41, 5.74) is 1.89. The van der Waals surface area contributed by atoms with Crippen LogP contribution in [0.5, 0.6) is 5.75 Å². The van der Waals surface area contributed by atoms with Gasteiger partial charge in [-0.25, -0.2) is 4.98 Å². The van der Waals surface area contributed by atoms with Gasteiger partial charge in [-0.3, -0.25) is 0 Å². The molecule has 2 aromatic rings. The highest BCUT2D eigenvalue weighted by Gasteiger charge is 2.01. The van der Waals surface area contributed by atoms with E-state index >= 15 is 0 Å². The normalized spacial score (nSPS) is 10.4. The average Bonchev–Trinajstić information content (AvgIpc) is 2.78. The van der Waals surface area contributed by atoms with Gasteiger partial charge >= 0.3 is 0 Å². The van der Waals surface area contributed by atoms with Crippen LogP contribution < -0.4 is 4.74 Å². The number of nitrogens with zero attached hydrogens (tertiary/aromatic N) is 1. The SMILES string of the molecule is COc1ccc(Cc2ncc(CO)[nH]2)cc1. The summed E-state index contributed by atoms with van der Waals surface area (Å²) in [7, 11) is 1.65. The molecule has 0 spiro atoms. The number of hydrogen-bond donors (Lipinski definition) is 2. The highest BCUT2D eigenvalue weighted by atomic mass is 16.5. The molecule has 0 amide bonds. The maximum atomic E-state index is 8.90. The standard InChI is InChI=1S/C12H14N2O2/c1-16-11-4-2-9(3-5-11)6-12-13-7-10(8-15)14-12/h2-5,7,15H,6,8H2,1H3,(H,13,14). The van der Waals surface area contributed by atoms with E-state index < -0.39 is 0 Å². The molecule has 0 atom stereocenters. The lowest BCUT2D eigenvalue weighted by Crippen LogP contribution is -1.92. The van der Waals surface area contributed by atoms with Crippen LogP contribution in [0.25, 0.3) is 0 Å². The summed E-state index contributed by atoms with van der Waals surface area (Å²) in [5, 5.41) is 8.90. The van der Waals surface area contributed by atoms with Crippen molar-refractivity contribution in [2.24, 2.45) is 0 Å². The van der Waals surface area contributed by atoms with E-state index in [1.807, 2.05) is 24.3 Å². The van der Waals surface area contributed by atoms with Crippen LogP contribution >= 0.6 is 0 Å². The first-order valence-electron chi connectivity index (χ1n) is 5.08. The van der Waals surface area contributed by atoms with Gasteiger partial charge in [-0.2, -0.15) is 0 Å². The van der Waals surface area contributed by atoms with Gasteiger partial charge in [0.2, 0.25) is 0 Å². The lowest BCUT2D eigenvalue weighted by molar-refractivity contribution is 0.277. The van der Waals surface area contributed by atoms with Gasteiger partial charge in [-0.05, 0) is 17.7 Å². The van der Waals surface area contributed by atoms with Gasteiger partial charge in [0.25, 0.3) is 0 Å². The zero-order valence-electron chi connectivity index (χ0n) is 9.10. The number of aliphatic hydroxyl groups is 1. The molecule has 1 heterocycles. The van der Waals surface area contributed by atoms with E-state index in [1.165, 1.54) is 0 Å². The van der Waals surface area contributed by atoms with Crippen LogP contribution in [0.15, 0.2) is 30.5 Å². The fourth-order valence-corrected chi connectivity index (χ4v) is 1.51. The molecular formula is C12H14N2O2. The van der Waals surface area contributed by atoms with Gasteiger partial charge in [0.05, 0.1) is 25.6 Å². The Morgan fingerprint density at radius 3 is 2.62 bits per heavy atom. The van der Waals surface area contributed by atoms with Crippen LogP contribution in [0.3, 0.4) is 0 Å². The minimum absolute atomic E-state index is 0.00435. The summed E-state index contributed by atoms with van der Waals surface area (Å²) < 4.78 is 5.08. The Hall–Kier alpha value is -1.81. The number of hydrogen-bond acceptors (Lipinski definition) is 3. The third kappa shape index (κ3) is 2.41. The molecule has 0 saturated heterocycles. The van der Waals surface area contributed by atoms with Gasteiger partial charge in [-0.1, -0.05) is 12.1 Å². The van der Waals surface area contributed by atoms with Crippen molar-refractivity contribution in [1.82, 2.24) is 9.97 Å². The predicted octanol–water partition coefficient (Wildman–Crippen LogP) is 1.50. The van der Waals surface area contributed by atoms with Crippen LogP contribution in [0.4, 0.5) is 0 Å². The second-order valence-corrected chi connectivity index (χ2v) is 3.54. The Kier molecular flexibility index (Phi) is 3.22. The first-order valence-corrected chi connectivity index (χ1v) is 5.08. The lowest BCUT2D eigenvalue weighted by atomic mass is 10.1. The summed E-state index contributed by atoms with van der Waals surface area (Å²) in [5.74, 6) is 1.70. The van der Waals surface area contributed by atoms with Crippen LogP contribution in [-0.4, -0.2) is 22.2 Å². The zero-order valence-corrected chi connectivity index (χ0v) is 9.10. The van der Waals surface area contributed by atoms with Crippen molar-refractivity contribution in [2.45, 2.75) is 13.0 Å². The second-order valence-electron chi connectivity index (χ2n) is 3.54. The third-order valence-corrected chi connectivity index (χ3v) is 2.38. The molecule has 0 saturated carbocycles. The summed E-state index contributed by atoms with van der Waals surface area (Å²) in [4.78, 5) is 7.23. The fraction of sp³-hybridized carbons (Fsp3) is 0.250. The molecule has 4 nitrogen and oxygen atoms in total. The lowest BCUT2D eigenvalue weighted by Gasteiger charge is -2.01. The Morgan fingerprint density at radius 2 is 2.06 bits per heavy atom. The predicted molar refractivity (Wildman–Crippen MR) is 60.3 cm³/mol. The number of imidazole rings is 1. The molecule has 4 heteroatoms. The Morgan fingerprint density at radius 1 is 1.31 bits per heavy atom. The molecule has 2 N–H and O–H groups in total. The first kappa shape index (κ1) is 10.7. The zero-order chi connectivity index (χ0) is 11.4. The van der Waals surface area contributed by atoms with E-state index in [0.29, 0.717) is 0 Å². The molecule has 16 heavy (non-hydrogen) atoms. The number of rotatable bonds is 4. The monoisotopic (exact) mass is 218 g/mol. The Balaban J connectivity index is 2.08. The number of H-pyrrole nitrogens is 1. The summed E-state index contributed by atoms with van der Waals surface area (Å²) >= 11 is 0. The van der Waals surface area contributed by atoms with Crippen molar-refractivity contribution in [3.63, 3.8) is 0 Å². The van der Waals surface area contributed by atoms with Crippen LogP contribution in [0, 0.1) is 0 Å². The van der Waals surface area contributed by atoms with Crippen LogP contribution in [0.2, 0.25) is 0 Å². The van der Waals surface area contributed by atoms with E-state index in [0.717, 1.165) is 29.3 Å². The van der Waals surface area contributed by atoms with Crippen molar-refractivity contribution in [2.75, 3.05) is 7.11 Å². The molecule has 84 valence electrons. The minimum atomic E-state index is -0.00435. The van der Waals surface area contributed by atoms with Gasteiger partial charge in [0, 0.05) is 6.42 Å². The highest BCUT2D eigenvalue weighted by Crippen LogP contribution is 2.13. The van der Waals surface area contributed by atoms with Gasteiger partial charge < -0.3 is 14.8 Å². The molecular weight excluding hydrogens is 204 g/mol. The molecule has 1 aromatic heterocycles. The number of aromatic amines is 1. The van der Waals surface area contributed by atoms with Gasteiger partial charge in [0.15, 0.2) is 0 Å². The summed E-state index contributed by atoms with van der Waals surface area (Å²) in [6.07, 6.45) is 2.38. The molecule has 0 aliphatic rings. The minimum Gasteiger partial charge on any atom is -0.497 e. The highest BCUT2D eigenvalue weighted by molar-refractivity contribution is 5.28. The summed E-state index contributed by atoms with van der Waals surface area (Å²) in [6, 6.07) is 7.84. The van der Waals surface area contributed by atoms with Crippen molar-refractivity contribution in [1.29, 1.82) is 0 Å². The van der Waals surface area contributed by atoms with E-state index in [9.17, 15) is 0 Å². The van der Waals surface area contributed by atoms with E-state index in [2.05, 4.69) is 9.97 Å². The Bertz CT molecular complexity index is 448. The summed E-state index contributed by atoms with van der Waals surface area (Å²) in [6.45, 7) is -0.00435. The van der Waals surface area contributed by atoms with Crippen molar-refractivity contribution in [3.8, 4) is 5.75 Å². The molecule has 0 aliphatic heterocycles. The second kappa shape index (κ2) is 4.81. The Labute approximate surface area is 93.9 Å². The molecule has 0 bridgehead atoms. The van der Waals surface area contributed by atoms with Gasteiger partial charge in [-0.15, -0.1) is 0 Å². The van der Waals surface area contributed by atoms with E-state index in [4.69, 9.17) is 9.84 Å². The molecule has 0 radical (unpaired) electrons. The number of benzene rings is 1. The quantitative estimate of drug-likeness (QED) is 0.817. The number of ether oxygens (including phenoxy) is 1. The first-order chi connectivity index (χ1) is 7.81. The molecule has 0 aliphatic carbocycles. The molecule has 0 fully saturated rings. The van der Waals surface area contributed by atoms with Crippen molar-refractivity contribution in [3.05, 3.63) is 47.5 Å². The fourth-order valence-electron chi connectivity index (χ4n) is 1.51. The largest absolute Gasteiger partial charge is 0.497 e. The van der Waals surface area contributed by atoms with Crippen molar-refractivity contribution < 1.29 is 9.84 Å².